The molecule has 8 aromatic carbocycles. The van der Waals surface area contributed by atoms with E-state index in [0.717, 1.165) is 83.4 Å². The van der Waals surface area contributed by atoms with Gasteiger partial charge in [-0.3, -0.25) is 0 Å². The molecule has 0 bridgehead atoms. The Hall–Kier alpha value is -7.14. The normalized spacial score (nSPS) is 11.6. The predicted octanol–water partition coefficient (Wildman–Crippen LogP) is 14.7. The van der Waals surface area contributed by atoms with Gasteiger partial charge in [-0.15, -0.1) is 11.3 Å². The summed E-state index contributed by atoms with van der Waals surface area (Å²) in [6.45, 7) is 0. The standard InChI is InChI=1S/C52H32N2OS/c1-4-15-33(16-5-1)36-29-37(34-17-6-2-7-18-34)31-38(30-36)45-32-44(35-19-8-3-9-20-35)53-52(54-45)43-28-27-40(51-50(43)41-21-10-12-24-46(41)55-51)39-23-14-26-48-49(39)42-22-11-13-25-47(42)56-48/h1-32H. The largest absolute Gasteiger partial charge is 0.455 e. The Labute approximate surface area is 327 Å². The van der Waals surface area contributed by atoms with Crippen molar-refractivity contribution in [2.24, 2.45) is 0 Å². The van der Waals surface area contributed by atoms with Gasteiger partial charge in [-0.05, 0) is 82.4 Å². The van der Waals surface area contributed by atoms with Crippen molar-refractivity contribution in [3.8, 4) is 67.3 Å². The van der Waals surface area contributed by atoms with E-state index in [-0.39, 0.29) is 0 Å². The topological polar surface area (TPSA) is 38.9 Å². The van der Waals surface area contributed by atoms with Gasteiger partial charge in [0, 0.05) is 53.2 Å². The van der Waals surface area contributed by atoms with Gasteiger partial charge in [0.15, 0.2) is 5.82 Å². The molecule has 0 aliphatic heterocycles. The molecule has 3 nitrogen and oxygen atoms in total. The first kappa shape index (κ1) is 32.3. The first-order valence-corrected chi connectivity index (χ1v) is 19.6. The van der Waals surface area contributed by atoms with Crippen molar-refractivity contribution < 1.29 is 4.42 Å². The molecule has 56 heavy (non-hydrogen) atoms. The van der Waals surface area contributed by atoms with Crippen LogP contribution in [0.3, 0.4) is 0 Å². The number of hydrogen-bond acceptors (Lipinski definition) is 4. The minimum absolute atomic E-state index is 0.648. The Bertz CT molecular complexity index is 3180. The molecular formula is C52H32N2OS. The number of furan rings is 1. The second-order valence-corrected chi connectivity index (χ2v) is 15.2. The molecule has 3 heterocycles. The number of hydrogen-bond donors (Lipinski definition) is 0. The summed E-state index contributed by atoms with van der Waals surface area (Å²) in [5.41, 5.74) is 13.1. The molecule has 0 fully saturated rings. The van der Waals surface area contributed by atoms with Crippen LogP contribution in [0, 0.1) is 0 Å². The summed E-state index contributed by atoms with van der Waals surface area (Å²) in [6.07, 6.45) is 0. The maximum Gasteiger partial charge on any atom is 0.161 e. The molecule has 0 atom stereocenters. The molecule has 0 aliphatic carbocycles. The molecule has 4 heteroatoms. The SMILES string of the molecule is c1ccc(-c2cc(-c3ccccc3)cc(-c3cc(-c4ccccc4)nc(-c4ccc(-c5cccc6sc7ccccc7c56)c5oc6ccccc6c45)n3)c2)cc1. The van der Waals surface area contributed by atoms with Crippen LogP contribution in [0.25, 0.3) is 109 Å². The molecule has 0 radical (unpaired) electrons. The number of benzene rings is 8. The average molecular weight is 733 g/mol. The average Bonchev–Trinajstić information content (AvgIpc) is 3.86. The summed E-state index contributed by atoms with van der Waals surface area (Å²) >= 11 is 1.83. The molecule has 3 aromatic heterocycles. The first-order valence-electron chi connectivity index (χ1n) is 18.8. The van der Waals surface area contributed by atoms with Crippen molar-refractivity contribution >= 4 is 53.4 Å². The van der Waals surface area contributed by atoms with E-state index in [1.807, 2.05) is 23.5 Å². The van der Waals surface area contributed by atoms with Crippen molar-refractivity contribution in [3.05, 3.63) is 194 Å². The maximum atomic E-state index is 6.84. The molecule has 11 rings (SSSR count). The minimum atomic E-state index is 0.648. The summed E-state index contributed by atoms with van der Waals surface area (Å²) in [5, 5.41) is 4.55. The van der Waals surface area contributed by atoms with Crippen LogP contribution in [0.2, 0.25) is 0 Å². The lowest BCUT2D eigenvalue weighted by Gasteiger charge is -2.14. The van der Waals surface area contributed by atoms with Crippen LogP contribution >= 0.6 is 11.3 Å². The van der Waals surface area contributed by atoms with Gasteiger partial charge in [0.25, 0.3) is 0 Å². The Morgan fingerprint density at radius 2 is 0.911 bits per heavy atom. The van der Waals surface area contributed by atoms with Crippen molar-refractivity contribution in [3.63, 3.8) is 0 Å². The minimum Gasteiger partial charge on any atom is -0.455 e. The zero-order valence-electron chi connectivity index (χ0n) is 30.2. The van der Waals surface area contributed by atoms with Gasteiger partial charge < -0.3 is 4.42 Å². The van der Waals surface area contributed by atoms with Gasteiger partial charge >= 0.3 is 0 Å². The number of fused-ring (bicyclic) bond motifs is 6. The highest BCUT2D eigenvalue weighted by atomic mass is 32.1. The Balaban J connectivity index is 1.18. The third-order valence-corrected chi connectivity index (χ3v) is 11.8. The smallest absolute Gasteiger partial charge is 0.161 e. The van der Waals surface area contributed by atoms with Gasteiger partial charge in [-0.1, -0.05) is 140 Å². The van der Waals surface area contributed by atoms with E-state index in [0.29, 0.717) is 5.82 Å². The lowest BCUT2D eigenvalue weighted by atomic mass is 9.94. The van der Waals surface area contributed by atoms with Crippen LogP contribution in [0.15, 0.2) is 199 Å². The Morgan fingerprint density at radius 1 is 0.357 bits per heavy atom. The van der Waals surface area contributed by atoms with Crippen LogP contribution in [-0.2, 0) is 0 Å². The lowest BCUT2D eigenvalue weighted by Crippen LogP contribution is -1.97. The summed E-state index contributed by atoms with van der Waals surface area (Å²) in [4.78, 5) is 10.8. The van der Waals surface area contributed by atoms with Crippen molar-refractivity contribution in [2.75, 3.05) is 0 Å². The second kappa shape index (κ2) is 13.3. The second-order valence-electron chi connectivity index (χ2n) is 14.1. The number of rotatable bonds is 6. The third-order valence-electron chi connectivity index (χ3n) is 10.7. The maximum absolute atomic E-state index is 6.84. The van der Waals surface area contributed by atoms with Crippen molar-refractivity contribution in [2.45, 2.75) is 0 Å². The fourth-order valence-electron chi connectivity index (χ4n) is 8.07. The van der Waals surface area contributed by atoms with E-state index in [1.54, 1.807) is 0 Å². The molecule has 0 saturated carbocycles. The van der Waals surface area contributed by atoms with E-state index >= 15 is 0 Å². The summed E-state index contributed by atoms with van der Waals surface area (Å²) in [6, 6.07) is 68.4. The van der Waals surface area contributed by atoms with Crippen LogP contribution in [-0.4, -0.2) is 9.97 Å². The molecule has 0 amide bonds. The first-order chi connectivity index (χ1) is 27.7. The fourth-order valence-corrected chi connectivity index (χ4v) is 9.20. The van der Waals surface area contributed by atoms with E-state index in [4.69, 9.17) is 14.4 Å². The zero-order valence-corrected chi connectivity index (χ0v) is 31.0. The number of nitrogens with zero attached hydrogens (tertiary/aromatic N) is 2. The van der Waals surface area contributed by atoms with Crippen molar-refractivity contribution in [1.29, 1.82) is 0 Å². The quantitative estimate of drug-likeness (QED) is 0.171. The number of aromatic nitrogens is 2. The fraction of sp³-hybridized carbons (Fsp3) is 0. The number of para-hydroxylation sites is 1. The van der Waals surface area contributed by atoms with Crippen LogP contribution in [0.1, 0.15) is 0 Å². The van der Waals surface area contributed by atoms with E-state index in [9.17, 15) is 0 Å². The third kappa shape index (κ3) is 5.50. The van der Waals surface area contributed by atoms with E-state index in [2.05, 4.69) is 182 Å². The molecule has 0 saturated heterocycles. The highest BCUT2D eigenvalue weighted by Crippen LogP contribution is 2.46. The molecule has 0 unspecified atom stereocenters. The highest BCUT2D eigenvalue weighted by Gasteiger charge is 2.22. The predicted molar refractivity (Wildman–Crippen MR) is 235 cm³/mol. The number of thiophene rings is 1. The van der Waals surface area contributed by atoms with E-state index < -0.39 is 0 Å². The van der Waals surface area contributed by atoms with Crippen molar-refractivity contribution in [1.82, 2.24) is 9.97 Å². The Kier molecular flexibility index (Phi) is 7.68. The van der Waals surface area contributed by atoms with E-state index in [1.165, 1.54) is 20.2 Å². The van der Waals surface area contributed by atoms with Gasteiger partial charge in [-0.25, -0.2) is 9.97 Å². The molecular weight excluding hydrogens is 701 g/mol. The molecule has 262 valence electrons. The monoisotopic (exact) mass is 732 g/mol. The lowest BCUT2D eigenvalue weighted by molar-refractivity contribution is 0.670. The van der Waals surface area contributed by atoms with Gasteiger partial charge in [0.2, 0.25) is 0 Å². The zero-order chi connectivity index (χ0) is 37.0. The molecule has 11 aromatic rings. The summed E-state index contributed by atoms with van der Waals surface area (Å²) < 4.78 is 9.38. The highest BCUT2D eigenvalue weighted by molar-refractivity contribution is 7.25. The van der Waals surface area contributed by atoms with Gasteiger partial charge in [0.05, 0.1) is 11.4 Å². The van der Waals surface area contributed by atoms with Gasteiger partial charge in [-0.2, -0.15) is 0 Å². The van der Waals surface area contributed by atoms with Crippen LogP contribution in [0.4, 0.5) is 0 Å². The molecule has 0 spiro atoms. The summed E-state index contributed by atoms with van der Waals surface area (Å²) in [5.74, 6) is 0.648. The van der Waals surface area contributed by atoms with Gasteiger partial charge in [0.1, 0.15) is 11.2 Å². The summed E-state index contributed by atoms with van der Waals surface area (Å²) in [7, 11) is 0. The molecule has 0 aliphatic rings. The Morgan fingerprint density at radius 3 is 1.62 bits per heavy atom. The van der Waals surface area contributed by atoms with Crippen LogP contribution < -0.4 is 0 Å². The molecule has 0 N–H and O–H groups in total. The van der Waals surface area contributed by atoms with Crippen LogP contribution in [0.5, 0.6) is 0 Å².